The number of hydrogen-bond donors (Lipinski definition) is 3. The van der Waals surface area contributed by atoms with Gasteiger partial charge >= 0.3 is 5.97 Å². The third-order valence-corrected chi connectivity index (χ3v) is 5.13. The Hall–Kier alpha value is -2.01. The van der Waals surface area contributed by atoms with Gasteiger partial charge in [-0.2, -0.15) is 0 Å². The maximum Gasteiger partial charge on any atom is 0.326 e. The molecule has 5 heteroatoms. The van der Waals surface area contributed by atoms with Crippen LogP contribution < -0.4 is 10.1 Å². The van der Waals surface area contributed by atoms with Crippen LogP contribution in [0.15, 0.2) is 18.2 Å². The summed E-state index contributed by atoms with van der Waals surface area (Å²) in [7, 11) is 1.66. The van der Waals surface area contributed by atoms with Gasteiger partial charge in [-0.05, 0) is 36.6 Å². The van der Waals surface area contributed by atoms with Gasteiger partial charge in [0.05, 0.1) is 7.11 Å². The van der Waals surface area contributed by atoms with Gasteiger partial charge in [0.1, 0.15) is 11.8 Å². The normalized spacial score (nSPS) is 27.2. The van der Waals surface area contributed by atoms with E-state index in [1.807, 2.05) is 18.2 Å². The number of hydrogen-bond acceptors (Lipinski definition) is 3. The van der Waals surface area contributed by atoms with E-state index in [1.165, 1.54) is 18.4 Å². The largest absolute Gasteiger partial charge is 0.497 e. The van der Waals surface area contributed by atoms with E-state index in [1.54, 1.807) is 7.11 Å². The van der Waals surface area contributed by atoms with Crippen LogP contribution in [0.25, 0.3) is 10.9 Å². The van der Waals surface area contributed by atoms with Gasteiger partial charge in [-0.15, -0.1) is 0 Å². The molecule has 1 fully saturated rings. The van der Waals surface area contributed by atoms with Gasteiger partial charge in [0.2, 0.25) is 0 Å². The number of aliphatic carboxylic acids is 1. The highest BCUT2D eigenvalue weighted by Crippen LogP contribution is 2.45. The number of methoxy groups -OCH3 is 1. The van der Waals surface area contributed by atoms with E-state index >= 15 is 0 Å². The quantitative estimate of drug-likeness (QED) is 0.797. The molecule has 1 aromatic heterocycles. The Morgan fingerprint density at radius 2 is 2.14 bits per heavy atom. The number of ether oxygens (including phenoxy) is 1. The minimum Gasteiger partial charge on any atom is -0.497 e. The lowest BCUT2D eigenvalue weighted by molar-refractivity contribution is -0.140. The predicted molar refractivity (Wildman–Crippen MR) is 83.4 cm³/mol. The summed E-state index contributed by atoms with van der Waals surface area (Å²) < 4.78 is 5.35. The molecule has 5 nitrogen and oxygen atoms in total. The molecule has 0 bridgehead atoms. The highest BCUT2D eigenvalue weighted by Gasteiger charge is 2.40. The maximum absolute atomic E-state index is 11.7. The minimum absolute atomic E-state index is 0.257. The number of H-pyrrole nitrogens is 1. The first kappa shape index (κ1) is 13.6. The molecule has 2 heterocycles. The van der Waals surface area contributed by atoms with Gasteiger partial charge in [-0.25, -0.2) is 0 Å². The summed E-state index contributed by atoms with van der Waals surface area (Å²) in [6.07, 6.45) is 4.53. The highest BCUT2D eigenvalue weighted by atomic mass is 16.5. The smallest absolute Gasteiger partial charge is 0.326 e. The second-order valence-electron chi connectivity index (χ2n) is 6.30. The summed E-state index contributed by atoms with van der Waals surface area (Å²) in [4.78, 5) is 15.0. The zero-order valence-corrected chi connectivity index (χ0v) is 12.6. The van der Waals surface area contributed by atoms with Gasteiger partial charge < -0.3 is 14.8 Å². The first-order valence-corrected chi connectivity index (χ1v) is 7.87. The summed E-state index contributed by atoms with van der Waals surface area (Å²) in [5.41, 5.74) is 2.99. The third-order valence-electron chi connectivity index (χ3n) is 5.13. The second-order valence-corrected chi connectivity index (χ2v) is 6.30. The zero-order chi connectivity index (χ0) is 15.3. The number of carbonyl (C=O) groups is 1. The summed E-state index contributed by atoms with van der Waals surface area (Å²) in [5.74, 6) is 0.385. The van der Waals surface area contributed by atoms with Crippen LogP contribution in [0.4, 0.5) is 0 Å². The third kappa shape index (κ3) is 1.92. The van der Waals surface area contributed by atoms with Gasteiger partial charge in [0.15, 0.2) is 0 Å². The van der Waals surface area contributed by atoms with E-state index in [-0.39, 0.29) is 6.04 Å². The Balaban J connectivity index is 1.94. The van der Waals surface area contributed by atoms with Crippen LogP contribution in [-0.4, -0.2) is 29.2 Å². The monoisotopic (exact) mass is 300 g/mol. The first-order valence-electron chi connectivity index (χ1n) is 7.87. The molecule has 1 aromatic carbocycles. The van der Waals surface area contributed by atoms with Crippen molar-refractivity contribution in [2.24, 2.45) is 0 Å². The van der Waals surface area contributed by atoms with Gasteiger partial charge in [-0.1, -0.05) is 12.8 Å². The predicted octanol–water partition coefficient (Wildman–Crippen LogP) is 2.93. The number of aromatic amines is 1. The molecule has 0 radical (unpaired) electrons. The van der Waals surface area contributed by atoms with Crippen LogP contribution in [0.1, 0.15) is 48.9 Å². The Bertz CT molecular complexity index is 737. The van der Waals surface area contributed by atoms with Crippen molar-refractivity contribution in [3.05, 3.63) is 29.5 Å². The lowest BCUT2D eigenvalue weighted by atomic mass is 9.75. The Morgan fingerprint density at radius 1 is 1.32 bits per heavy atom. The van der Waals surface area contributed by atoms with E-state index in [0.29, 0.717) is 5.92 Å². The SMILES string of the molecule is COc1ccc2[nH]c3c(c2c1)C1CCCCC1NC3C(=O)O. The molecule has 0 amide bonds. The number of carboxylic acids is 1. The molecule has 2 aliphatic rings. The lowest BCUT2D eigenvalue weighted by Crippen LogP contribution is -2.46. The average Bonchev–Trinajstić information content (AvgIpc) is 2.92. The van der Waals surface area contributed by atoms with Crippen molar-refractivity contribution >= 4 is 16.9 Å². The number of benzene rings is 1. The molecule has 0 saturated heterocycles. The van der Waals surface area contributed by atoms with Crippen molar-refractivity contribution in [1.29, 1.82) is 0 Å². The number of nitrogens with one attached hydrogen (secondary N) is 2. The first-order chi connectivity index (χ1) is 10.7. The number of carboxylic acid groups (broad SMARTS) is 1. The van der Waals surface area contributed by atoms with Crippen LogP contribution in [0, 0.1) is 0 Å². The van der Waals surface area contributed by atoms with Crippen molar-refractivity contribution in [1.82, 2.24) is 10.3 Å². The molecule has 1 aliphatic carbocycles. The van der Waals surface area contributed by atoms with Crippen LogP contribution in [0.5, 0.6) is 5.75 Å². The fourth-order valence-corrected chi connectivity index (χ4v) is 4.13. The van der Waals surface area contributed by atoms with E-state index in [2.05, 4.69) is 10.3 Å². The fraction of sp³-hybridized carbons (Fsp3) is 0.471. The topological polar surface area (TPSA) is 74.3 Å². The molecular weight excluding hydrogens is 280 g/mol. The van der Waals surface area contributed by atoms with E-state index in [0.717, 1.165) is 35.2 Å². The molecule has 0 spiro atoms. The summed E-state index contributed by atoms with van der Waals surface area (Å²) in [5, 5.41) is 14.0. The van der Waals surface area contributed by atoms with Crippen LogP contribution in [0.2, 0.25) is 0 Å². The summed E-state index contributed by atoms with van der Waals surface area (Å²) >= 11 is 0. The average molecular weight is 300 g/mol. The van der Waals surface area contributed by atoms with Crippen molar-refractivity contribution in [3.8, 4) is 5.75 Å². The molecule has 1 saturated carbocycles. The Morgan fingerprint density at radius 3 is 2.91 bits per heavy atom. The fourth-order valence-electron chi connectivity index (χ4n) is 4.13. The zero-order valence-electron chi connectivity index (χ0n) is 12.6. The van der Waals surface area contributed by atoms with Crippen LogP contribution in [0.3, 0.4) is 0 Å². The number of fused-ring (bicyclic) bond motifs is 5. The maximum atomic E-state index is 11.7. The van der Waals surface area contributed by atoms with E-state index in [4.69, 9.17) is 4.74 Å². The lowest BCUT2D eigenvalue weighted by Gasteiger charge is -2.39. The Kier molecular flexibility index (Phi) is 3.11. The van der Waals surface area contributed by atoms with E-state index in [9.17, 15) is 9.90 Å². The minimum atomic E-state index is -0.816. The molecule has 2 aromatic rings. The molecule has 4 rings (SSSR count). The second kappa shape index (κ2) is 5.02. The van der Waals surface area contributed by atoms with Crippen molar-refractivity contribution in [2.45, 2.75) is 43.7 Å². The number of rotatable bonds is 2. The molecular formula is C17H20N2O3. The molecule has 3 atom stereocenters. The molecule has 3 unspecified atom stereocenters. The molecule has 116 valence electrons. The van der Waals surface area contributed by atoms with Gasteiger partial charge in [-0.3, -0.25) is 10.1 Å². The van der Waals surface area contributed by atoms with Gasteiger partial charge in [0, 0.05) is 28.6 Å². The van der Waals surface area contributed by atoms with Gasteiger partial charge in [0.25, 0.3) is 0 Å². The summed E-state index contributed by atoms with van der Waals surface area (Å²) in [6, 6.07) is 5.52. The van der Waals surface area contributed by atoms with Crippen molar-refractivity contribution in [3.63, 3.8) is 0 Å². The van der Waals surface area contributed by atoms with E-state index < -0.39 is 12.0 Å². The standard InChI is InChI=1S/C17H20N2O3/c1-22-9-6-7-13-11(8-9)14-10-4-2-3-5-12(10)19-16(17(20)21)15(14)18-13/h6-8,10,12,16,18-19H,2-5H2,1H3,(H,20,21). The molecule has 22 heavy (non-hydrogen) atoms. The summed E-state index contributed by atoms with van der Waals surface area (Å²) in [6.45, 7) is 0. The highest BCUT2D eigenvalue weighted by molar-refractivity contribution is 5.90. The van der Waals surface area contributed by atoms with Crippen molar-refractivity contribution < 1.29 is 14.6 Å². The van der Waals surface area contributed by atoms with Crippen molar-refractivity contribution in [2.75, 3.05) is 7.11 Å². The molecule has 3 N–H and O–H groups in total. The number of aromatic nitrogens is 1. The molecule has 1 aliphatic heterocycles. The Labute approximate surface area is 128 Å². The van der Waals surface area contributed by atoms with Crippen LogP contribution >= 0.6 is 0 Å². The van der Waals surface area contributed by atoms with Crippen LogP contribution in [-0.2, 0) is 4.79 Å².